The third kappa shape index (κ3) is 10.3. The largest absolute Gasteiger partial charge is 0.423 e. The summed E-state index contributed by atoms with van der Waals surface area (Å²) in [6, 6.07) is 23.2. The average molecular weight is 713 g/mol. The normalized spacial score (nSPS) is 11.1. The second-order valence-electron chi connectivity index (χ2n) is 11.1. The van der Waals surface area contributed by atoms with Crippen LogP contribution in [0.4, 0.5) is 0 Å². The van der Waals surface area contributed by atoms with Crippen LogP contribution in [-0.4, -0.2) is 31.7 Å². The standard InChI is InChI=1S/C36H32N4O10S/c1-2-3-12-34-37-21-29(20-32(33-11-6-17-51-33)36(42)50-31-10-5-8-27(19-31)24-48-40(45)46)38(34)22-25-13-15-28(16-14-25)35(41)49-30-9-4-7-26(18-30)23-47-39(43)44/h4-11,13-21H,2-3,12,22-24H2,1H3/b32-20+. The van der Waals surface area contributed by atoms with Crippen LogP contribution in [-0.2, 0) is 40.6 Å². The van der Waals surface area contributed by atoms with Crippen LogP contribution in [0.3, 0.4) is 0 Å². The molecule has 0 bridgehead atoms. The molecule has 5 rings (SSSR count). The van der Waals surface area contributed by atoms with Crippen molar-refractivity contribution in [2.24, 2.45) is 0 Å². The molecular weight excluding hydrogens is 680 g/mol. The zero-order valence-electron chi connectivity index (χ0n) is 27.3. The van der Waals surface area contributed by atoms with E-state index < -0.39 is 22.1 Å². The monoisotopic (exact) mass is 712 g/mol. The number of thiophene rings is 1. The van der Waals surface area contributed by atoms with Gasteiger partial charge in [-0.1, -0.05) is 55.8 Å². The number of unbranched alkanes of at least 4 members (excludes halogenated alkanes) is 1. The van der Waals surface area contributed by atoms with Gasteiger partial charge in [0, 0.05) is 17.8 Å². The first-order chi connectivity index (χ1) is 24.7. The number of carbonyl (C=O) groups excluding carboxylic acids is 2. The molecule has 5 aromatic rings. The van der Waals surface area contributed by atoms with Crippen LogP contribution in [0.25, 0.3) is 11.6 Å². The summed E-state index contributed by atoms with van der Waals surface area (Å²) in [5.74, 6) is 0.0368. The van der Waals surface area contributed by atoms with Gasteiger partial charge in [-0.2, -0.15) is 0 Å². The summed E-state index contributed by atoms with van der Waals surface area (Å²) < 4.78 is 13.2. The van der Waals surface area contributed by atoms with Gasteiger partial charge in [0.15, 0.2) is 0 Å². The van der Waals surface area contributed by atoms with E-state index in [0.717, 1.165) is 24.2 Å². The van der Waals surface area contributed by atoms with Crippen LogP contribution in [0, 0.1) is 20.2 Å². The average Bonchev–Trinajstić information content (AvgIpc) is 3.79. The molecule has 51 heavy (non-hydrogen) atoms. The Hall–Kier alpha value is -6.35. The van der Waals surface area contributed by atoms with Gasteiger partial charge in [-0.05, 0) is 77.0 Å². The van der Waals surface area contributed by atoms with E-state index in [4.69, 9.17) is 9.47 Å². The fourth-order valence-electron chi connectivity index (χ4n) is 4.98. The first kappa shape index (κ1) is 35.9. The molecule has 2 heterocycles. The number of ether oxygens (including phenoxy) is 2. The molecule has 14 nitrogen and oxygen atoms in total. The Morgan fingerprint density at radius 2 is 1.49 bits per heavy atom. The van der Waals surface area contributed by atoms with Crippen LogP contribution >= 0.6 is 11.3 Å². The smallest absolute Gasteiger partial charge is 0.345 e. The fourth-order valence-corrected chi connectivity index (χ4v) is 5.71. The van der Waals surface area contributed by atoms with E-state index in [2.05, 4.69) is 21.6 Å². The molecule has 0 aliphatic heterocycles. The number of esters is 2. The molecule has 0 aliphatic rings. The van der Waals surface area contributed by atoms with Gasteiger partial charge in [0.25, 0.3) is 10.2 Å². The number of hydrogen-bond acceptors (Lipinski definition) is 12. The molecule has 0 N–H and O–H groups in total. The van der Waals surface area contributed by atoms with Crippen molar-refractivity contribution in [1.82, 2.24) is 9.55 Å². The Kier molecular flexibility index (Phi) is 12.2. The zero-order valence-corrected chi connectivity index (χ0v) is 28.2. The molecule has 0 atom stereocenters. The molecule has 3 aromatic carbocycles. The molecule has 0 aliphatic carbocycles. The Bertz CT molecular complexity index is 2020. The second kappa shape index (κ2) is 17.3. The van der Waals surface area contributed by atoms with Gasteiger partial charge >= 0.3 is 11.9 Å². The topological polar surface area (TPSA) is 175 Å². The first-order valence-electron chi connectivity index (χ1n) is 15.7. The Morgan fingerprint density at radius 3 is 2.08 bits per heavy atom. The van der Waals surface area contributed by atoms with Crippen molar-refractivity contribution in [3.63, 3.8) is 0 Å². The molecule has 0 unspecified atom stereocenters. The van der Waals surface area contributed by atoms with Gasteiger partial charge in [-0.15, -0.1) is 31.6 Å². The summed E-state index contributed by atoms with van der Waals surface area (Å²) in [6.45, 7) is 1.92. The van der Waals surface area contributed by atoms with Crippen molar-refractivity contribution in [1.29, 1.82) is 0 Å². The van der Waals surface area contributed by atoms with Gasteiger partial charge in [0.2, 0.25) is 0 Å². The predicted octanol–water partition coefficient (Wildman–Crippen LogP) is 7.12. The van der Waals surface area contributed by atoms with E-state index in [1.807, 2.05) is 22.1 Å². The van der Waals surface area contributed by atoms with Crippen molar-refractivity contribution in [3.05, 3.63) is 155 Å². The molecule has 2 aromatic heterocycles. The Labute approximate surface area is 295 Å². The second-order valence-corrected chi connectivity index (χ2v) is 12.0. The number of benzene rings is 3. The highest BCUT2D eigenvalue weighted by Crippen LogP contribution is 2.27. The highest BCUT2D eigenvalue weighted by Gasteiger charge is 2.19. The van der Waals surface area contributed by atoms with E-state index in [1.54, 1.807) is 72.9 Å². The Morgan fingerprint density at radius 1 is 0.843 bits per heavy atom. The lowest BCUT2D eigenvalue weighted by Gasteiger charge is -2.13. The van der Waals surface area contributed by atoms with Crippen LogP contribution < -0.4 is 9.47 Å². The minimum atomic E-state index is -0.892. The maximum atomic E-state index is 13.6. The molecular formula is C36H32N4O10S. The van der Waals surface area contributed by atoms with Crippen molar-refractivity contribution in [3.8, 4) is 11.5 Å². The van der Waals surface area contributed by atoms with E-state index >= 15 is 0 Å². The highest BCUT2D eigenvalue weighted by atomic mass is 32.1. The van der Waals surface area contributed by atoms with Crippen molar-refractivity contribution < 1.29 is 38.9 Å². The summed E-state index contributed by atoms with van der Waals surface area (Å²) in [5.41, 5.74) is 3.07. The number of nitrogens with zero attached hydrogens (tertiary/aromatic N) is 4. The predicted molar refractivity (Wildman–Crippen MR) is 186 cm³/mol. The zero-order chi connectivity index (χ0) is 36.2. The highest BCUT2D eigenvalue weighted by molar-refractivity contribution is 7.11. The van der Waals surface area contributed by atoms with E-state index in [-0.39, 0.29) is 24.7 Å². The summed E-state index contributed by atoms with van der Waals surface area (Å²) in [6.07, 6.45) is 6.00. The number of aromatic nitrogens is 2. The molecule has 262 valence electrons. The number of imidazole rings is 1. The van der Waals surface area contributed by atoms with Crippen LogP contribution in [0.1, 0.15) is 63.2 Å². The lowest BCUT2D eigenvalue weighted by atomic mass is 10.1. The number of hydrogen-bond donors (Lipinski definition) is 0. The maximum Gasteiger partial charge on any atom is 0.345 e. The van der Waals surface area contributed by atoms with Crippen molar-refractivity contribution in [2.75, 3.05) is 0 Å². The van der Waals surface area contributed by atoms with Gasteiger partial charge in [0.05, 0.1) is 23.0 Å². The number of aryl methyl sites for hydroxylation is 1. The SMILES string of the molecule is CCCCc1ncc(/C=C(/C(=O)Oc2cccc(CO[N+](=O)[O-])c2)c2cccs2)n1Cc1ccc(C(=O)Oc2cccc(CO[N+](=O)[O-])c2)cc1. The van der Waals surface area contributed by atoms with Gasteiger partial charge in [0.1, 0.15) is 30.5 Å². The summed E-state index contributed by atoms with van der Waals surface area (Å²) in [4.78, 5) is 61.8. The summed E-state index contributed by atoms with van der Waals surface area (Å²) >= 11 is 1.37. The minimum absolute atomic E-state index is 0.208. The third-order valence-electron chi connectivity index (χ3n) is 7.44. The van der Waals surface area contributed by atoms with E-state index in [9.17, 15) is 29.8 Å². The summed E-state index contributed by atoms with van der Waals surface area (Å²) in [7, 11) is 0. The fraction of sp³-hybridized carbons (Fsp3) is 0.194. The molecule has 0 saturated heterocycles. The third-order valence-corrected chi connectivity index (χ3v) is 8.35. The quantitative estimate of drug-likeness (QED) is 0.0316. The molecule has 0 spiro atoms. The van der Waals surface area contributed by atoms with E-state index in [0.29, 0.717) is 45.8 Å². The lowest BCUT2D eigenvalue weighted by molar-refractivity contribution is -0.763. The van der Waals surface area contributed by atoms with Gasteiger partial charge < -0.3 is 23.7 Å². The molecule has 15 heteroatoms. The molecule has 0 radical (unpaired) electrons. The van der Waals surface area contributed by atoms with Gasteiger partial charge in [-0.25, -0.2) is 14.6 Å². The Balaban J connectivity index is 1.36. The number of carbonyl (C=O) groups is 2. The maximum absolute atomic E-state index is 13.6. The minimum Gasteiger partial charge on any atom is -0.423 e. The molecule has 0 fully saturated rings. The van der Waals surface area contributed by atoms with Gasteiger partial charge in [-0.3, -0.25) is 0 Å². The molecule has 0 amide bonds. The van der Waals surface area contributed by atoms with Crippen molar-refractivity contribution in [2.45, 2.75) is 45.9 Å². The van der Waals surface area contributed by atoms with Crippen LogP contribution in [0.2, 0.25) is 0 Å². The molecule has 0 saturated carbocycles. The van der Waals surface area contributed by atoms with Crippen molar-refractivity contribution >= 4 is 34.9 Å². The number of rotatable bonds is 17. The van der Waals surface area contributed by atoms with Crippen LogP contribution in [0.15, 0.2) is 96.5 Å². The lowest BCUT2D eigenvalue weighted by Crippen LogP contribution is -2.12. The summed E-state index contributed by atoms with van der Waals surface area (Å²) in [5, 5.41) is 21.2. The van der Waals surface area contributed by atoms with Crippen LogP contribution in [0.5, 0.6) is 11.5 Å². The van der Waals surface area contributed by atoms with E-state index in [1.165, 1.54) is 23.5 Å². The first-order valence-corrected chi connectivity index (χ1v) is 16.6.